The van der Waals surface area contributed by atoms with Crippen LogP contribution in [0.15, 0.2) is 24.3 Å². The molecular weight excluding hydrogens is 306 g/mol. The average molecular weight is 327 g/mol. The number of benzene rings is 1. The summed E-state index contributed by atoms with van der Waals surface area (Å²) in [5.41, 5.74) is 0.828. The Morgan fingerprint density at radius 1 is 1.45 bits per heavy atom. The molecule has 0 bridgehead atoms. The molecule has 0 radical (unpaired) electrons. The van der Waals surface area contributed by atoms with Gasteiger partial charge in [-0.05, 0) is 18.9 Å². The molecule has 22 heavy (non-hydrogen) atoms. The number of rotatable bonds is 5. The van der Waals surface area contributed by atoms with Crippen LogP contribution in [0.3, 0.4) is 0 Å². The third-order valence-corrected chi connectivity index (χ3v) is 5.17. The van der Waals surface area contributed by atoms with Crippen molar-refractivity contribution in [2.75, 3.05) is 19.5 Å². The van der Waals surface area contributed by atoms with E-state index in [9.17, 15) is 13.2 Å². The maximum absolute atomic E-state index is 12.3. The number of para-hydroxylation sites is 1. The van der Waals surface area contributed by atoms with Gasteiger partial charge in [0.25, 0.3) is 0 Å². The van der Waals surface area contributed by atoms with Gasteiger partial charge in [0.15, 0.2) is 0 Å². The van der Waals surface area contributed by atoms with Crippen molar-refractivity contribution in [1.29, 1.82) is 0 Å². The van der Waals surface area contributed by atoms with Crippen molar-refractivity contribution in [3.63, 3.8) is 0 Å². The number of sulfonamides is 1. The smallest absolute Gasteiger partial charge is 0.309 e. The van der Waals surface area contributed by atoms with Gasteiger partial charge in [0.05, 0.1) is 31.4 Å². The highest BCUT2D eigenvalue weighted by atomic mass is 32.2. The summed E-state index contributed by atoms with van der Waals surface area (Å²) in [7, 11) is -2.35. The van der Waals surface area contributed by atoms with Crippen LogP contribution in [0.5, 0.6) is 5.75 Å². The Bertz CT molecular complexity index is 629. The van der Waals surface area contributed by atoms with Gasteiger partial charge >= 0.3 is 5.97 Å². The predicted molar refractivity (Wildman–Crippen MR) is 82.0 cm³/mol. The van der Waals surface area contributed by atoms with Gasteiger partial charge < -0.3 is 9.47 Å². The molecule has 0 aliphatic carbocycles. The second-order valence-corrected chi connectivity index (χ2v) is 7.20. The molecule has 0 amide bonds. The second-order valence-electron chi connectivity index (χ2n) is 5.40. The molecule has 7 heteroatoms. The number of methoxy groups -OCH3 is 1. The minimum absolute atomic E-state index is 0.292. The normalized spacial score (nSPS) is 19.5. The Hall–Kier alpha value is -1.60. The fourth-order valence-corrected chi connectivity index (χ4v) is 4.08. The van der Waals surface area contributed by atoms with E-state index in [0.717, 1.165) is 12.0 Å². The maximum atomic E-state index is 12.3. The zero-order chi connectivity index (χ0) is 16.2. The molecule has 0 spiro atoms. The lowest BCUT2D eigenvalue weighted by molar-refractivity contribution is -0.144. The number of carbonyl (C=O) groups is 1. The molecule has 1 aromatic rings. The van der Waals surface area contributed by atoms with E-state index in [2.05, 4.69) is 9.46 Å². The summed E-state index contributed by atoms with van der Waals surface area (Å²) >= 11 is 0. The monoisotopic (exact) mass is 327 g/mol. The first kappa shape index (κ1) is 16.8. The van der Waals surface area contributed by atoms with Crippen molar-refractivity contribution < 1.29 is 22.7 Å². The molecule has 1 aliphatic rings. The molecule has 0 aromatic heterocycles. The first-order valence-corrected chi connectivity index (χ1v) is 8.87. The zero-order valence-corrected chi connectivity index (χ0v) is 13.6. The molecule has 1 heterocycles. The van der Waals surface area contributed by atoms with Gasteiger partial charge in [0, 0.05) is 5.56 Å². The SMILES string of the molecule is COC(=O)[C@H](C)CS(=O)(=O)N[C@H]1CCCOc2ccccc21. The predicted octanol–water partition coefficient (Wildman–Crippen LogP) is 1.63. The average Bonchev–Trinajstić information content (AvgIpc) is 2.68. The Morgan fingerprint density at radius 2 is 2.18 bits per heavy atom. The minimum Gasteiger partial charge on any atom is -0.493 e. The number of nitrogens with one attached hydrogen (secondary N) is 1. The third kappa shape index (κ3) is 4.20. The number of ether oxygens (including phenoxy) is 2. The Balaban J connectivity index is 2.14. The molecule has 1 N–H and O–H groups in total. The van der Waals surface area contributed by atoms with Gasteiger partial charge in [0.2, 0.25) is 10.0 Å². The van der Waals surface area contributed by atoms with Crippen molar-refractivity contribution in [1.82, 2.24) is 4.72 Å². The lowest BCUT2D eigenvalue weighted by Crippen LogP contribution is -2.34. The second kappa shape index (κ2) is 7.11. The number of esters is 1. The largest absolute Gasteiger partial charge is 0.493 e. The van der Waals surface area contributed by atoms with E-state index >= 15 is 0 Å². The first-order valence-electron chi connectivity index (χ1n) is 7.22. The standard InChI is InChI=1S/C15H21NO5S/c1-11(15(17)20-2)10-22(18,19)16-13-7-5-9-21-14-8-4-3-6-12(13)14/h3-4,6,8,11,13,16H,5,7,9-10H2,1-2H3/t11-,13+/m1/s1. The quantitative estimate of drug-likeness (QED) is 0.831. The van der Waals surface area contributed by atoms with Crippen LogP contribution in [0.4, 0.5) is 0 Å². The first-order chi connectivity index (χ1) is 10.4. The van der Waals surface area contributed by atoms with Gasteiger partial charge in [-0.2, -0.15) is 0 Å². The topological polar surface area (TPSA) is 81.7 Å². The molecule has 0 fully saturated rings. The van der Waals surface area contributed by atoms with Crippen molar-refractivity contribution in [3.8, 4) is 5.75 Å². The maximum Gasteiger partial charge on any atom is 0.309 e. The van der Waals surface area contributed by atoms with Gasteiger partial charge in [0.1, 0.15) is 5.75 Å². The van der Waals surface area contributed by atoms with E-state index < -0.39 is 21.9 Å². The van der Waals surface area contributed by atoms with Crippen LogP contribution in [0, 0.1) is 5.92 Å². The molecule has 0 unspecified atom stereocenters. The Kier molecular flexibility index (Phi) is 5.42. The van der Waals surface area contributed by atoms with Crippen LogP contribution >= 0.6 is 0 Å². The van der Waals surface area contributed by atoms with Crippen LogP contribution in [0.2, 0.25) is 0 Å². The molecule has 6 nitrogen and oxygen atoms in total. The summed E-state index contributed by atoms with van der Waals surface area (Å²) in [6, 6.07) is 7.06. The van der Waals surface area contributed by atoms with E-state index in [0.29, 0.717) is 18.8 Å². The summed E-state index contributed by atoms with van der Waals surface area (Å²) in [5, 5.41) is 0. The lowest BCUT2D eigenvalue weighted by atomic mass is 10.0. The van der Waals surface area contributed by atoms with E-state index in [1.165, 1.54) is 14.0 Å². The van der Waals surface area contributed by atoms with Crippen LogP contribution in [0.1, 0.15) is 31.4 Å². The highest BCUT2D eigenvalue weighted by Crippen LogP contribution is 2.31. The summed E-state index contributed by atoms with van der Waals surface area (Å²) in [6.45, 7) is 2.10. The van der Waals surface area contributed by atoms with Crippen LogP contribution in [-0.2, 0) is 19.6 Å². The van der Waals surface area contributed by atoms with Gasteiger partial charge in [-0.3, -0.25) is 4.79 Å². The van der Waals surface area contributed by atoms with E-state index in [1.807, 2.05) is 24.3 Å². The molecule has 1 aliphatic heterocycles. The van der Waals surface area contributed by atoms with Crippen LogP contribution in [0.25, 0.3) is 0 Å². The molecule has 0 saturated carbocycles. The Morgan fingerprint density at radius 3 is 2.91 bits per heavy atom. The summed E-state index contributed by atoms with van der Waals surface area (Å²) < 4.78 is 37.5. The highest BCUT2D eigenvalue weighted by molar-refractivity contribution is 7.89. The molecule has 2 atom stereocenters. The number of hydrogen-bond acceptors (Lipinski definition) is 5. The number of carbonyl (C=O) groups excluding carboxylic acids is 1. The number of hydrogen-bond donors (Lipinski definition) is 1. The molecule has 2 rings (SSSR count). The van der Waals surface area contributed by atoms with Crippen molar-refractivity contribution in [3.05, 3.63) is 29.8 Å². The minimum atomic E-state index is -3.60. The fourth-order valence-electron chi connectivity index (χ4n) is 2.51. The molecule has 0 saturated heterocycles. The fraction of sp³-hybridized carbons (Fsp3) is 0.533. The van der Waals surface area contributed by atoms with Gasteiger partial charge in [-0.15, -0.1) is 0 Å². The Labute approximate surface area is 130 Å². The van der Waals surface area contributed by atoms with Crippen LogP contribution < -0.4 is 9.46 Å². The number of fused-ring (bicyclic) bond motifs is 1. The molecule has 122 valence electrons. The lowest BCUT2D eigenvalue weighted by Gasteiger charge is -2.19. The van der Waals surface area contributed by atoms with Crippen molar-refractivity contribution >= 4 is 16.0 Å². The summed E-state index contributed by atoms with van der Waals surface area (Å²) in [6.07, 6.45) is 1.41. The van der Waals surface area contributed by atoms with E-state index in [4.69, 9.17) is 4.74 Å². The zero-order valence-electron chi connectivity index (χ0n) is 12.7. The van der Waals surface area contributed by atoms with E-state index in [1.54, 1.807) is 0 Å². The highest BCUT2D eigenvalue weighted by Gasteiger charge is 2.27. The summed E-state index contributed by atoms with van der Waals surface area (Å²) in [4.78, 5) is 11.4. The van der Waals surface area contributed by atoms with Crippen molar-refractivity contribution in [2.24, 2.45) is 5.92 Å². The summed E-state index contributed by atoms with van der Waals surface area (Å²) in [5.74, 6) is -0.831. The third-order valence-electron chi connectivity index (χ3n) is 3.58. The molecule has 1 aromatic carbocycles. The van der Waals surface area contributed by atoms with Crippen molar-refractivity contribution in [2.45, 2.75) is 25.8 Å². The molecular formula is C15H21NO5S. The van der Waals surface area contributed by atoms with E-state index in [-0.39, 0.29) is 11.8 Å². The van der Waals surface area contributed by atoms with Gasteiger partial charge in [-0.1, -0.05) is 25.1 Å². The van der Waals surface area contributed by atoms with Gasteiger partial charge in [-0.25, -0.2) is 13.1 Å². The van der Waals surface area contributed by atoms with Crippen LogP contribution in [-0.4, -0.2) is 33.9 Å².